The lowest BCUT2D eigenvalue weighted by Gasteiger charge is -2.60. The van der Waals surface area contributed by atoms with E-state index in [1.54, 1.807) is 0 Å². The van der Waals surface area contributed by atoms with Crippen LogP contribution in [-0.4, -0.2) is 35.8 Å². The van der Waals surface area contributed by atoms with Gasteiger partial charge in [0.1, 0.15) is 0 Å². The van der Waals surface area contributed by atoms with E-state index in [1.165, 1.54) is 36.8 Å². The molecular formula is C29H40N2O2. The first-order valence-corrected chi connectivity index (χ1v) is 13.0. The standard InChI is InChI=1S/C29H40N2O2/c1-19-5-7-20(8-6-19)9-14-26(32)30-24-12-11-22-21-10-13-25-29(3,18-16-27(33)31(25)4)23(21)15-17-28(22,24)2/h5-8,16,18,21-25H,9-15,17H2,1-4H3,(H,30,32)/t21-,22-,23-,24-,25+,28-,29+/m0/s1. The minimum absolute atomic E-state index is 0.0856. The van der Waals surface area contributed by atoms with E-state index in [0.29, 0.717) is 36.3 Å². The maximum Gasteiger partial charge on any atom is 0.246 e. The average Bonchev–Trinajstić information content (AvgIpc) is 3.12. The molecule has 1 aromatic carbocycles. The van der Waals surface area contributed by atoms with Gasteiger partial charge in [-0.2, -0.15) is 0 Å². The quantitative estimate of drug-likeness (QED) is 0.701. The third-order valence-electron chi connectivity index (χ3n) is 10.2. The van der Waals surface area contributed by atoms with Crippen LogP contribution < -0.4 is 5.32 Å². The Hall–Kier alpha value is -2.10. The molecule has 3 saturated carbocycles. The van der Waals surface area contributed by atoms with Gasteiger partial charge in [0.15, 0.2) is 0 Å². The normalized spacial score (nSPS) is 39.6. The number of fused-ring (bicyclic) bond motifs is 5. The van der Waals surface area contributed by atoms with Crippen molar-refractivity contribution >= 4 is 11.8 Å². The molecule has 7 atom stereocenters. The van der Waals surface area contributed by atoms with Crippen molar-refractivity contribution in [1.82, 2.24) is 10.2 Å². The molecule has 0 unspecified atom stereocenters. The van der Waals surface area contributed by atoms with Crippen molar-refractivity contribution < 1.29 is 9.59 Å². The largest absolute Gasteiger partial charge is 0.353 e. The molecule has 178 valence electrons. The van der Waals surface area contributed by atoms with Crippen LogP contribution in [0, 0.1) is 35.5 Å². The zero-order valence-electron chi connectivity index (χ0n) is 20.8. The van der Waals surface area contributed by atoms with Crippen LogP contribution in [0.1, 0.15) is 69.9 Å². The fourth-order valence-electron chi connectivity index (χ4n) is 8.25. The fourth-order valence-corrected chi connectivity index (χ4v) is 8.25. The summed E-state index contributed by atoms with van der Waals surface area (Å²) in [4.78, 5) is 27.2. The zero-order valence-corrected chi connectivity index (χ0v) is 20.8. The summed E-state index contributed by atoms with van der Waals surface area (Å²) in [5.74, 6) is 2.37. The minimum atomic E-state index is 0.0856. The van der Waals surface area contributed by atoms with E-state index in [2.05, 4.69) is 56.4 Å². The van der Waals surface area contributed by atoms with Crippen molar-refractivity contribution in [2.75, 3.05) is 7.05 Å². The molecular weight excluding hydrogens is 408 g/mol. The first kappa shape index (κ1) is 22.7. The number of nitrogens with one attached hydrogen (secondary N) is 1. The first-order chi connectivity index (χ1) is 15.7. The smallest absolute Gasteiger partial charge is 0.246 e. The third kappa shape index (κ3) is 3.74. The van der Waals surface area contributed by atoms with Crippen molar-refractivity contribution in [2.45, 2.75) is 84.2 Å². The fraction of sp³-hybridized carbons (Fsp3) is 0.655. The number of nitrogens with zero attached hydrogens (tertiary/aromatic N) is 1. The summed E-state index contributed by atoms with van der Waals surface area (Å²) in [6.45, 7) is 6.94. The lowest BCUT2D eigenvalue weighted by Crippen LogP contribution is -2.60. The number of carbonyl (C=O) groups excluding carboxylic acids is 2. The van der Waals surface area contributed by atoms with Gasteiger partial charge in [-0.05, 0) is 86.7 Å². The highest BCUT2D eigenvalue weighted by molar-refractivity contribution is 5.89. The molecule has 4 heteroatoms. The molecule has 5 rings (SSSR count). The van der Waals surface area contributed by atoms with Crippen molar-refractivity contribution in [2.24, 2.45) is 28.6 Å². The summed E-state index contributed by atoms with van der Waals surface area (Å²) in [5.41, 5.74) is 2.78. The molecule has 3 fully saturated rings. The Kier molecular flexibility index (Phi) is 5.69. The summed E-state index contributed by atoms with van der Waals surface area (Å²) in [6.07, 6.45) is 12.5. The molecule has 2 amide bonds. The van der Waals surface area contributed by atoms with Crippen molar-refractivity contribution in [3.05, 3.63) is 47.5 Å². The van der Waals surface area contributed by atoms with Gasteiger partial charge >= 0.3 is 0 Å². The molecule has 1 heterocycles. The van der Waals surface area contributed by atoms with Gasteiger partial charge in [-0.15, -0.1) is 0 Å². The van der Waals surface area contributed by atoms with Crippen LogP contribution in [0.2, 0.25) is 0 Å². The topological polar surface area (TPSA) is 49.4 Å². The maximum atomic E-state index is 12.9. The van der Waals surface area contributed by atoms with Crippen LogP contribution in [0.15, 0.2) is 36.4 Å². The minimum Gasteiger partial charge on any atom is -0.353 e. The number of likely N-dealkylation sites (N-methyl/N-ethyl adjacent to an activating group) is 1. The Labute approximate surface area is 199 Å². The molecule has 1 aromatic rings. The van der Waals surface area contributed by atoms with E-state index >= 15 is 0 Å². The number of hydrogen-bond acceptors (Lipinski definition) is 2. The molecule has 33 heavy (non-hydrogen) atoms. The number of aryl methyl sites for hydroxylation is 2. The molecule has 0 radical (unpaired) electrons. The Morgan fingerprint density at radius 2 is 1.82 bits per heavy atom. The first-order valence-electron chi connectivity index (χ1n) is 13.0. The Bertz CT molecular complexity index is 953. The second-order valence-electron chi connectivity index (χ2n) is 11.8. The van der Waals surface area contributed by atoms with Crippen molar-refractivity contribution in [3.8, 4) is 0 Å². The number of carbonyl (C=O) groups is 2. The second-order valence-corrected chi connectivity index (χ2v) is 11.8. The van der Waals surface area contributed by atoms with E-state index in [0.717, 1.165) is 19.3 Å². The molecule has 4 aliphatic rings. The summed E-state index contributed by atoms with van der Waals surface area (Å²) >= 11 is 0. The van der Waals surface area contributed by atoms with Gasteiger partial charge in [-0.3, -0.25) is 9.59 Å². The Morgan fingerprint density at radius 3 is 2.58 bits per heavy atom. The highest BCUT2D eigenvalue weighted by atomic mass is 16.2. The van der Waals surface area contributed by atoms with Crippen LogP contribution in [0.25, 0.3) is 0 Å². The predicted octanol–water partition coefficient (Wildman–Crippen LogP) is 5.05. The SMILES string of the molecule is Cc1ccc(CCC(=O)N[C@H]2CC[C@H]3[C@@H]4CC[C@H]5N(C)C(=O)C=C[C@]5(C)[C@H]4CC[C@]23C)cc1. The second kappa shape index (κ2) is 8.29. The zero-order chi connectivity index (χ0) is 23.4. The summed E-state index contributed by atoms with van der Waals surface area (Å²) in [7, 11) is 1.99. The number of benzene rings is 1. The van der Waals surface area contributed by atoms with E-state index < -0.39 is 0 Å². The van der Waals surface area contributed by atoms with E-state index in [9.17, 15) is 9.59 Å². The van der Waals surface area contributed by atoms with Gasteiger partial charge in [0.2, 0.25) is 11.8 Å². The summed E-state index contributed by atoms with van der Waals surface area (Å²) in [6, 6.07) is 9.15. The van der Waals surface area contributed by atoms with E-state index in [4.69, 9.17) is 0 Å². The monoisotopic (exact) mass is 448 g/mol. The molecule has 1 aliphatic heterocycles. The molecule has 0 spiro atoms. The lowest BCUT2D eigenvalue weighted by molar-refractivity contribution is -0.138. The average molecular weight is 449 g/mol. The Morgan fingerprint density at radius 1 is 1.06 bits per heavy atom. The number of rotatable bonds is 4. The van der Waals surface area contributed by atoms with Crippen molar-refractivity contribution in [1.29, 1.82) is 0 Å². The van der Waals surface area contributed by atoms with E-state index in [1.807, 2.05) is 18.0 Å². The van der Waals surface area contributed by atoms with Gasteiger partial charge < -0.3 is 10.2 Å². The van der Waals surface area contributed by atoms with Crippen LogP contribution in [-0.2, 0) is 16.0 Å². The molecule has 0 bridgehead atoms. The maximum absolute atomic E-state index is 12.9. The molecule has 4 nitrogen and oxygen atoms in total. The van der Waals surface area contributed by atoms with Crippen LogP contribution in [0.3, 0.4) is 0 Å². The molecule has 3 aliphatic carbocycles. The summed E-state index contributed by atoms with van der Waals surface area (Å²) in [5, 5.41) is 3.47. The van der Waals surface area contributed by atoms with Crippen molar-refractivity contribution in [3.63, 3.8) is 0 Å². The van der Waals surface area contributed by atoms with Gasteiger partial charge in [0.25, 0.3) is 0 Å². The van der Waals surface area contributed by atoms with Crippen LogP contribution >= 0.6 is 0 Å². The van der Waals surface area contributed by atoms with Crippen LogP contribution in [0.4, 0.5) is 0 Å². The molecule has 0 saturated heterocycles. The Balaban J connectivity index is 1.26. The van der Waals surface area contributed by atoms with Gasteiger partial charge in [-0.25, -0.2) is 0 Å². The number of hydrogen-bond donors (Lipinski definition) is 1. The van der Waals surface area contributed by atoms with Gasteiger partial charge in [-0.1, -0.05) is 49.8 Å². The van der Waals surface area contributed by atoms with Gasteiger partial charge in [0, 0.05) is 31.0 Å². The highest BCUT2D eigenvalue weighted by Gasteiger charge is 2.60. The lowest BCUT2D eigenvalue weighted by atomic mass is 9.48. The highest BCUT2D eigenvalue weighted by Crippen LogP contribution is 2.63. The third-order valence-corrected chi connectivity index (χ3v) is 10.2. The number of amides is 2. The van der Waals surface area contributed by atoms with E-state index in [-0.39, 0.29) is 22.6 Å². The van der Waals surface area contributed by atoms with Gasteiger partial charge in [0.05, 0.1) is 0 Å². The molecule has 0 aromatic heterocycles. The molecule has 1 N–H and O–H groups in total. The summed E-state index contributed by atoms with van der Waals surface area (Å²) < 4.78 is 0. The van der Waals surface area contributed by atoms with Crippen LogP contribution in [0.5, 0.6) is 0 Å². The predicted molar refractivity (Wildman–Crippen MR) is 132 cm³/mol.